The summed E-state index contributed by atoms with van der Waals surface area (Å²) < 4.78 is 0. The summed E-state index contributed by atoms with van der Waals surface area (Å²) in [5.41, 5.74) is 0. The lowest BCUT2D eigenvalue weighted by atomic mass is 10.3. The first kappa shape index (κ1) is 14.6. The van der Waals surface area contributed by atoms with E-state index >= 15 is 0 Å². The van der Waals surface area contributed by atoms with Crippen LogP contribution in [0.15, 0.2) is 91.0 Å². The van der Waals surface area contributed by atoms with E-state index in [4.69, 9.17) is 0 Å². The zero-order valence-corrected chi connectivity index (χ0v) is 14.5. The van der Waals surface area contributed by atoms with Crippen LogP contribution in [0.3, 0.4) is 0 Å². The molecule has 0 N–H and O–H groups in total. The zero-order chi connectivity index (χ0) is 14.5. The van der Waals surface area contributed by atoms with Gasteiger partial charge in [-0.15, -0.1) is 0 Å². The Bertz CT molecular complexity index is 590. The number of rotatable bonds is 4. The Hall–Kier alpha value is -1.37. The maximum Gasteiger partial charge on any atom is 0.217 e. The van der Waals surface area contributed by atoms with Crippen LogP contribution < -0.4 is 15.9 Å². The standard InChI is InChI=1S/C18H17BBrP/c20-19-21(16-10-4-1-5-11-16,17-12-6-2-7-13-17)18-14-8-3-9-15-18/h1-15H,19H2. The minimum absolute atomic E-state index is 0.309. The molecular weight excluding hydrogens is 338 g/mol. The average Bonchev–Trinajstić information content (AvgIpc) is 2.59. The lowest BCUT2D eigenvalue weighted by Crippen LogP contribution is -2.33. The fraction of sp³-hybridized carbons (Fsp3) is 0. The molecule has 0 radical (unpaired) electrons. The van der Waals surface area contributed by atoms with Crippen molar-refractivity contribution in [2.75, 3.05) is 0 Å². The van der Waals surface area contributed by atoms with E-state index in [1.54, 1.807) is 0 Å². The van der Waals surface area contributed by atoms with Gasteiger partial charge in [-0.3, -0.25) is 0 Å². The first-order chi connectivity index (χ1) is 10.4. The van der Waals surface area contributed by atoms with E-state index in [9.17, 15) is 0 Å². The molecule has 21 heavy (non-hydrogen) atoms. The molecular formula is C18H17BBrP. The first-order valence-corrected chi connectivity index (χ1v) is 11.1. The van der Waals surface area contributed by atoms with Crippen molar-refractivity contribution >= 4 is 44.6 Å². The van der Waals surface area contributed by atoms with Crippen molar-refractivity contribution < 1.29 is 0 Å². The Kier molecular flexibility index (Phi) is 4.58. The van der Waals surface area contributed by atoms with Gasteiger partial charge in [-0.2, -0.15) is 0 Å². The summed E-state index contributed by atoms with van der Waals surface area (Å²) in [6.07, 6.45) is 0. The third-order valence-electron chi connectivity index (χ3n) is 4.07. The molecule has 104 valence electrons. The molecule has 0 aliphatic heterocycles. The molecule has 0 spiro atoms. The highest BCUT2D eigenvalue weighted by atomic mass is 79.9. The Morgan fingerprint density at radius 3 is 1.05 bits per heavy atom. The third-order valence-corrected chi connectivity index (χ3v) is 11.8. The monoisotopic (exact) mass is 354 g/mol. The number of hydrogen-bond acceptors (Lipinski definition) is 0. The lowest BCUT2D eigenvalue weighted by Gasteiger charge is -2.32. The van der Waals surface area contributed by atoms with Crippen molar-refractivity contribution in [1.82, 2.24) is 0 Å². The van der Waals surface area contributed by atoms with Crippen LogP contribution in [0.1, 0.15) is 0 Å². The minimum atomic E-state index is -1.49. The van der Waals surface area contributed by atoms with Gasteiger partial charge >= 0.3 is 0 Å². The van der Waals surface area contributed by atoms with Crippen LogP contribution in [0.2, 0.25) is 0 Å². The van der Waals surface area contributed by atoms with Crippen LogP contribution in [0.4, 0.5) is 0 Å². The van der Waals surface area contributed by atoms with Gasteiger partial charge in [0.25, 0.3) is 0 Å². The first-order valence-electron chi connectivity index (χ1n) is 7.23. The van der Waals surface area contributed by atoms with Crippen LogP contribution in [0.5, 0.6) is 0 Å². The molecule has 0 fully saturated rings. The Balaban J connectivity index is 2.29. The van der Waals surface area contributed by atoms with Crippen molar-refractivity contribution in [2.24, 2.45) is 0 Å². The second kappa shape index (κ2) is 6.60. The van der Waals surface area contributed by atoms with Gasteiger partial charge in [0.2, 0.25) is 5.82 Å². The van der Waals surface area contributed by atoms with Gasteiger partial charge in [0.1, 0.15) is 0 Å². The van der Waals surface area contributed by atoms with E-state index in [0.29, 0.717) is 0 Å². The Morgan fingerprint density at radius 2 is 0.810 bits per heavy atom. The molecule has 0 atom stereocenters. The normalized spacial score (nSPS) is 11.3. The van der Waals surface area contributed by atoms with Gasteiger partial charge in [0, 0.05) is 0 Å². The van der Waals surface area contributed by atoms with Crippen molar-refractivity contribution in [3.63, 3.8) is 0 Å². The van der Waals surface area contributed by atoms with Crippen molar-refractivity contribution in [1.29, 1.82) is 0 Å². The molecule has 0 bridgehead atoms. The van der Waals surface area contributed by atoms with E-state index < -0.39 is 7.14 Å². The summed E-state index contributed by atoms with van der Waals surface area (Å²) in [7, 11) is -1.49. The summed E-state index contributed by atoms with van der Waals surface area (Å²) in [6.45, 7) is 0. The lowest BCUT2D eigenvalue weighted by molar-refractivity contribution is 1.73. The van der Waals surface area contributed by atoms with E-state index in [-0.39, 0.29) is 5.82 Å². The van der Waals surface area contributed by atoms with Crippen LogP contribution >= 0.6 is 22.9 Å². The van der Waals surface area contributed by atoms with Gasteiger partial charge in [-0.25, -0.2) is 0 Å². The fourth-order valence-corrected chi connectivity index (χ4v) is 10.4. The number of hydrogen-bond donors (Lipinski definition) is 0. The number of benzene rings is 3. The SMILES string of the molecule is Br[BH2-][P+](c1ccccc1)(c1ccccc1)c1ccccc1. The predicted molar refractivity (Wildman–Crippen MR) is 103 cm³/mol. The second-order valence-corrected chi connectivity index (χ2v) is 11.2. The van der Waals surface area contributed by atoms with Crippen molar-refractivity contribution in [2.45, 2.75) is 0 Å². The van der Waals surface area contributed by atoms with Gasteiger partial charge in [-0.05, 0) is 43.5 Å². The minimum Gasteiger partial charge on any atom is -0.306 e. The van der Waals surface area contributed by atoms with Gasteiger partial charge in [0.05, 0.1) is 15.9 Å². The molecule has 0 aliphatic carbocycles. The van der Waals surface area contributed by atoms with Gasteiger partial charge < -0.3 is 15.8 Å². The molecule has 0 aliphatic rings. The molecule has 0 amide bonds. The van der Waals surface area contributed by atoms with E-state index in [0.717, 1.165) is 0 Å². The van der Waals surface area contributed by atoms with Crippen LogP contribution in [0, 0.1) is 0 Å². The van der Waals surface area contributed by atoms with Crippen LogP contribution in [0.25, 0.3) is 0 Å². The quantitative estimate of drug-likeness (QED) is 0.497. The highest BCUT2D eigenvalue weighted by Crippen LogP contribution is 2.54. The molecule has 0 heterocycles. The fourth-order valence-electron chi connectivity index (χ4n) is 2.92. The maximum absolute atomic E-state index is 3.96. The highest BCUT2D eigenvalue weighted by molar-refractivity contribution is 9.27. The van der Waals surface area contributed by atoms with Gasteiger partial charge in [-0.1, -0.05) is 54.6 Å². The van der Waals surface area contributed by atoms with Crippen LogP contribution in [-0.2, 0) is 0 Å². The molecule has 0 nitrogen and oxygen atoms in total. The molecule has 0 unspecified atom stereocenters. The smallest absolute Gasteiger partial charge is 0.217 e. The summed E-state index contributed by atoms with van der Waals surface area (Å²) in [5, 5.41) is 4.41. The predicted octanol–water partition coefficient (Wildman–Crippen LogP) is 3.37. The summed E-state index contributed by atoms with van der Waals surface area (Å²) in [4.78, 5) is 0. The van der Waals surface area contributed by atoms with E-state index in [2.05, 4.69) is 107 Å². The maximum atomic E-state index is 3.96. The zero-order valence-electron chi connectivity index (χ0n) is 12.0. The largest absolute Gasteiger partial charge is 0.306 e. The summed E-state index contributed by atoms with van der Waals surface area (Å²) in [5.74, 6) is -0.309. The third kappa shape index (κ3) is 2.71. The second-order valence-electron chi connectivity index (χ2n) is 5.18. The summed E-state index contributed by atoms with van der Waals surface area (Å²) >= 11 is 3.96. The van der Waals surface area contributed by atoms with Crippen molar-refractivity contribution in [3.8, 4) is 0 Å². The van der Waals surface area contributed by atoms with E-state index in [1.807, 2.05) is 0 Å². The molecule has 3 aromatic rings. The molecule has 0 saturated carbocycles. The molecule has 3 heteroatoms. The average molecular weight is 355 g/mol. The highest BCUT2D eigenvalue weighted by Gasteiger charge is 2.36. The molecule has 3 aromatic carbocycles. The topological polar surface area (TPSA) is 0 Å². The van der Waals surface area contributed by atoms with E-state index in [1.165, 1.54) is 15.9 Å². The summed E-state index contributed by atoms with van der Waals surface area (Å²) in [6, 6.07) is 33.0. The Morgan fingerprint density at radius 1 is 0.524 bits per heavy atom. The Labute approximate surface area is 135 Å². The van der Waals surface area contributed by atoms with Gasteiger partial charge in [0.15, 0.2) is 0 Å². The van der Waals surface area contributed by atoms with Crippen LogP contribution in [-0.4, -0.2) is 5.82 Å². The van der Waals surface area contributed by atoms with Crippen molar-refractivity contribution in [3.05, 3.63) is 91.0 Å². The molecule has 0 saturated heterocycles. The molecule has 3 rings (SSSR count). The number of halogens is 1. The molecule has 0 aromatic heterocycles.